The number of piperidine rings is 1. The van der Waals surface area contributed by atoms with Crippen LogP contribution < -0.4 is 0 Å². The molecule has 0 amide bonds. The van der Waals surface area contributed by atoms with E-state index < -0.39 is 0 Å². The van der Waals surface area contributed by atoms with Crippen molar-refractivity contribution in [1.29, 1.82) is 0 Å². The number of halogens is 1. The Bertz CT molecular complexity index is 890. The highest BCUT2D eigenvalue weighted by molar-refractivity contribution is 5.40. The first-order valence-corrected chi connectivity index (χ1v) is 9.44. The number of aromatic nitrogens is 4. The Balaban J connectivity index is 1.52. The standard InChI is InChI=1S/C20H24FN5O/c1-14(2)19-23-20(27-24-19)15-5-3-9-25(12-15)13-16-11-17(21)6-7-18(16)26-10-4-8-22-26/h4,6-8,10-11,14-15H,3,5,9,12-13H2,1-2H3. The molecule has 0 spiro atoms. The monoisotopic (exact) mass is 369 g/mol. The van der Waals surface area contributed by atoms with Gasteiger partial charge in [0.15, 0.2) is 5.82 Å². The first-order chi connectivity index (χ1) is 13.1. The Labute approximate surface area is 158 Å². The molecule has 27 heavy (non-hydrogen) atoms. The molecule has 1 aromatic carbocycles. The molecule has 1 aliphatic heterocycles. The van der Waals surface area contributed by atoms with Crippen LogP contribution >= 0.6 is 0 Å². The minimum Gasteiger partial charge on any atom is -0.339 e. The summed E-state index contributed by atoms with van der Waals surface area (Å²) in [6.07, 6.45) is 5.69. The van der Waals surface area contributed by atoms with Crippen molar-refractivity contribution >= 4 is 0 Å². The molecule has 1 aliphatic rings. The van der Waals surface area contributed by atoms with E-state index in [-0.39, 0.29) is 17.7 Å². The molecule has 1 atom stereocenters. The Kier molecular flexibility index (Phi) is 5.03. The lowest BCUT2D eigenvalue weighted by Gasteiger charge is -2.31. The Morgan fingerprint density at radius 1 is 1.33 bits per heavy atom. The molecule has 1 saturated heterocycles. The fraction of sp³-hybridized carbons (Fsp3) is 0.450. The van der Waals surface area contributed by atoms with Gasteiger partial charge in [0.2, 0.25) is 5.89 Å². The molecule has 2 aromatic heterocycles. The maximum Gasteiger partial charge on any atom is 0.231 e. The van der Waals surface area contributed by atoms with E-state index >= 15 is 0 Å². The van der Waals surface area contributed by atoms with Crippen molar-refractivity contribution in [3.8, 4) is 5.69 Å². The molecule has 7 heteroatoms. The number of hydrogen-bond donors (Lipinski definition) is 0. The van der Waals surface area contributed by atoms with E-state index in [9.17, 15) is 4.39 Å². The van der Waals surface area contributed by atoms with Gasteiger partial charge in [-0.25, -0.2) is 9.07 Å². The minimum atomic E-state index is -0.229. The molecule has 0 aliphatic carbocycles. The molecule has 6 nitrogen and oxygen atoms in total. The SMILES string of the molecule is CC(C)c1noc(C2CCCN(Cc3cc(F)ccc3-n3cccn3)C2)n1. The van der Waals surface area contributed by atoms with Crippen LogP contribution in [0.15, 0.2) is 41.2 Å². The third-order valence-electron chi connectivity index (χ3n) is 5.02. The molecule has 1 unspecified atom stereocenters. The van der Waals surface area contributed by atoms with Gasteiger partial charge in [0, 0.05) is 31.4 Å². The lowest BCUT2D eigenvalue weighted by molar-refractivity contribution is 0.180. The number of benzene rings is 1. The Hall–Kier alpha value is -2.54. The molecule has 0 radical (unpaired) electrons. The second-order valence-corrected chi connectivity index (χ2v) is 7.44. The van der Waals surface area contributed by atoms with Crippen LogP contribution in [0.3, 0.4) is 0 Å². The number of likely N-dealkylation sites (tertiary alicyclic amines) is 1. The number of hydrogen-bond acceptors (Lipinski definition) is 5. The lowest BCUT2D eigenvalue weighted by atomic mass is 9.97. The predicted molar refractivity (Wildman–Crippen MR) is 99.2 cm³/mol. The van der Waals surface area contributed by atoms with E-state index in [1.807, 2.05) is 12.3 Å². The van der Waals surface area contributed by atoms with Crippen LogP contribution in [0.4, 0.5) is 4.39 Å². The summed E-state index contributed by atoms with van der Waals surface area (Å²) in [6.45, 7) is 6.57. The lowest BCUT2D eigenvalue weighted by Crippen LogP contribution is -2.34. The molecule has 0 saturated carbocycles. The molecule has 0 N–H and O–H groups in total. The van der Waals surface area contributed by atoms with Crippen molar-refractivity contribution in [3.05, 3.63) is 59.8 Å². The van der Waals surface area contributed by atoms with E-state index in [0.29, 0.717) is 6.54 Å². The Morgan fingerprint density at radius 2 is 2.22 bits per heavy atom. The highest BCUT2D eigenvalue weighted by atomic mass is 19.1. The first-order valence-electron chi connectivity index (χ1n) is 9.44. The predicted octanol–water partition coefficient (Wildman–Crippen LogP) is 3.90. The van der Waals surface area contributed by atoms with E-state index in [2.05, 4.69) is 34.0 Å². The summed E-state index contributed by atoms with van der Waals surface area (Å²) in [5, 5.41) is 8.39. The smallest absolute Gasteiger partial charge is 0.231 e. The van der Waals surface area contributed by atoms with Crippen molar-refractivity contribution in [2.24, 2.45) is 0 Å². The van der Waals surface area contributed by atoms with Crippen molar-refractivity contribution in [2.45, 2.75) is 45.1 Å². The Morgan fingerprint density at radius 3 is 2.96 bits per heavy atom. The average Bonchev–Trinajstić information content (AvgIpc) is 3.34. The van der Waals surface area contributed by atoms with E-state index in [1.54, 1.807) is 23.0 Å². The van der Waals surface area contributed by atoms with Crippen LogP contribution in [0.5, 0.6) is 0 Å². The highest BCUT2D eigenvalue weighted by Crippen LogP contribution is 2.28. The third-order valence-corrected chi connectivity index (χ3v) is 5.02. The van der Waals surface area contributed by atoms with Crippen LogP contribution in [0.1, 0.15) is 55.8 Å². The zero-order valence-electron chi connectivity index (χ0n) is 15.7. The largest absolute Gasteiger partial charge is 0.339 e. The van der Waals surface area contributed by atoms with Gasteiger partial charge in [-0.05, 0) is 49.2 Å². The van der Waals surface area contributed by atoms with Gasteiger partial charge in [0.25, 0.3) is 0 Å². The van der Waals surface area contributed by atoms with Crippen molar-refractivity contribution in [1.82, 2.24) is 24.8 Å². The van der Waals surface area contributed by atoms with Crippen LogP contribution in [0, 0.1) is 5.82 Å². The van der Waals surface area contributed by atoms with Gasteiger partial charge in [-0.3, -0.25) is 4.90 Å². The van der Waals surface area contributed by atoms with Crippen LogP contribution in [0.2, 0.25) is 0 Å². The fourth-order valence-corrected chi connectivity index (χ4v) is 3.60. The molecule has 4 rings (SSSR count). The summed E-state index contributed by atoms with van der Waals surface area (Å²) < 4.78 is 21.2. The maximum atomic E-state index is 13.9. The average molecular weight is 369 g/mol. The molecule has 3 aromatic rings. The number of nitrogens with zero attached hydrogens (tertiary/aromatic N) is 5. The van der Waals surface area contributed by atoms with Crippen LogP contribution in [-0.2, 0) is 6.54 Å². The molecular weight excluding hydrogens is 345 g/mol. The number of rotatable bonds is 5. The third kappa shape index (κ3) is 3.93. The maximum absolute atomic E-state index is 13.9. The molecular formula is C20H24FN5O. The van der Waals surface area contributed by atoms with Gasteiger partial charge in [0.1, 0.15) is 5.82 Å². The van der Waals surface area contributed by atoms with E-state index in [1.165, 1.54) is 6.07 Å². The van der Waals surface area contributed by atoms with Crippen molar-refractivity contribution in [2.75, 3.05) is 13.1 Å². The quantitative estimate of drug-likeness (QED) is 0.683. The van der Waals surface area contributed by atoms with Gasteiger partial charge in [-0.15, -0.1) is 0 Å². The van der Waals surface area contributed by atoms with E-state index in [4.69, 9.17) is 4.52 Å². The summed E-state index contributed by atoms with van der Waals surface area (Å²) in [5.74, 6) is 1.72. The van der Waals surface area contributed by atoms with Crippen LogP contribution in [-0.4, -0.2) is 37.9 Å². The van der Waals surface area contributed by atoms with Gasteiger partial charge < -0.3 is 4.52 Å². The summed E-state index contributed by atoms with van der Waals surface area (Å²) in [4.78, 5) is 6.90. The summed E-state index contributed by atoms with van der Waals surface area (Å²) >= 11 is 0. The summed E-state index contributed by atoms with van der Waals surface area (Å²) in [5.41, 5.74) is 1.83. The van der Waals surface area contributed by atoms with Crippen LogP contribution in [0.25, 0.3) is 5.69 Å². The summed E-state index contributed by atoms with van der Waals surface area (Å²) in [6, 6.07) is 6.73. The van der Waals surface area contributed by atoms with Gasteiger partial charge in [-0.1, -0.05) is 19.0 Å². The van der Waals surface area contributed by atoms with Gasteiger partial charge in [-0.2, -0.15) is 10.1 Å². The molecule has 1 fully saturated rings. The zero-order chi connectivity index (χ0) is 18.8. The summed E-state index contributed by atoms with van der Waals surface area (Å²) in [7, 11) is 0. The first kappa shape index (κ1) is 17.9. The van der Waals surface area contributed by atoms with E-state index in [0.717, 1.165) is 48.9 Å². The normalized spacial score (nSPS) is 18.3. The van der Waals surface area contributed by atoms with Crippen molar-refractivity contribution in [3.63, 3.8) is 0 Å². The topological polar surface area (TPSA) is 60.0 Å². The molecule has 142 valence electrons. The second-order valence-electron chi connectivity index (χ2n) is 7.44. The van der Waals surface area contributed by atoms with Gasteiger partial charge >= 0.3 is 0 Å². The zero-order valence-corrected chi connectivity index (χ0v) is 15.7. The molecule has 3 heterocycles. The van der Waals surface area contributed by atoms with Crippen molar-refractivity contribution < 1.29 is 8.91 Å². The second kappa shape index (κ2) is 7.60. The van der Waals surface area contributed by atoms with Gasteiger partial charge in [0.05, 0.1) is 11.6 Å². The fourth-order valence-electron chi connectivity index (χ4n) is 3.60. The minimum absolute atomic E-state index is 0.223. The molecule has 0 bridgehead atoms. The highest BCUT2D eigenvalue weighted by Gasteiger charge is 2.27.